The third-order valence-corrected chi connectivity index (χ3v) is 3.29. The molecule has 21 heavy (non-hydrogen) atoms. The van der Waals surface area contributed by atoms with Crippen molar-refractivity contribution in [1.82, 2.24) is 5.43 Å². The van der Waals surface area contributed by atoms with Gasteiger partial charge in [-0.2, -0.15) is 5.10 Å². The Hall–Kier alpha value is -1.96. The van der Waals surface area contributed by atoms with E-state index in [9.17, 15) is 9.18 Å². The summed E-state index contributed by atoms with van der Waals surface area (Å²) in [6, 6.07) is 13.5. The topological polar surface area (TPSA) is 53.5 Å². The van der Waals surface area contributed by atoms with Gasteiger partial charge in [-0.15, -0.1) is 0 Å². The first-order valence-electron chi connectivity index (χ1n) is 6.20. The van der Waals surface area contributed by atoms with Crippen LogP contribution in [0.15, 0.2) is 53.6 Å². The van der Waals surface area contributed by atoms with Gasteiger partial charge in [0, 0.05) is 9.26 Å². The van der Waals surface area contributed by atoms with Crippen molar-refractivity contribution in [3.05, 3.63) is 63.5 Å². The van der Waals surface area contributed by atoms with Crippen LogP contribution >= 0.6 is 22.6 Å². The van der Waals surface area contributed by atoms with Crippen LogP contribution in [-0.2, 0) is 4.79 Å². The predicted octanol–water partition coefficient (Wildman–Crippen LogP) is 2.99. The van der Waals surface area contributed by atoms with Crippen molar-refractivity contribution < 1.29 is 9.18 Å². The number of nitrogens with zero attached hydrogens (tertiary/aromatic N) is 1. The Labute approximate surface area is 135 Å². The van der Waals surface area contributed by atoms with Gasteiger partial charge in [-0.1, -0.05) is 12.1 Å². The first-order valence-corrected chi connectivity index (χ1v) is 7.28. The Morgan fingerprint density at radius 1 is 1.14 bits per heavy atom. The maximum absolute atomic E-state index is 12.7. The van der Waals surface area contributed by atoms with Gasteiger partial charge in [0.25, 0.3) is 5.91 Å². The van der Waals surface area contributed by atoms with E-state index in [1.54, 1.807) is 18.3 Å². The van der Waals surface area contributed by atoms with Crippen molar-refractivity contribution in [3.63, 3.8) is 0 Å². The average Bonchev–Trinajstić information content (AvgIpc) is 2.49. The molecule has 0 fully saturated rings. The summed E-state index contributed by atoms with van der Waals surface area (Å²) < 4.78 is 13.8. The molecule has 2 aromatic rings. The molecular weight excluding hydrogens is 384 g/mol. The number of carbonyl (C=O) groups excluding carboxylic acids is 1. The number of halogens is 2. The van der Waals surface area contributed by atoms with E-state index in [1.807, 2.05) is 24.3 Å². The predicted molar refractivity (Wildman–Crippen MR) is 89.8 cm³/mol. The Balaban J connectivity index is 1.77. The quantitative estimate of drug-likeness (QED) is 0.463. The number of anilines is 1. The molecule has 0 unspecified atom stereocenters. The highest BCUT2D eigenvalue weighted by atomic mass is 127. The molecule has 2 N–H and O–H groups in total. The van der Waals surface area contributed by atoms with Gasteiger partial charge in [0.2, 0.25) is 0 Å². The minimum absolute atomic E-state index is 0.0651. The largest absolute Gasteiger partial charge is 0.376 e. The zero-order valence-electron chi connectivity index (χ0n) is 11.0. The average molecular weight is 397 g/mol. The zero-order valence-corrected chi connectivity index (χ0v) is 13.2. The normalized spacial score (nSPS) is 10.6. The molecule has 0 spiro atoms. The maximum atomic E-state index is 12.7. The molecule has 0 aliphatic rings. The molecule has 0 bridgehead atoms. The van der Waals surface area contributed by atoms with Crippen molar-refractivity contribution in [2.24, 2.45) is 5.10 Å². The van der Waals surface area contributed by atoms with Crippen LogP contribution in [0, 0.1) is 9.39 Å². The van der Waals surface area contributed by atoms with E-state index in [2.05, 4.69) is 38.4 Å². The molecule has 4 nitrogen and oxygen atoms in total. The molecule has 0 aliphatic carbocycles. The number of rotatable bonds is 5. The van der Waals surface area contributed by atoms with E-state index in [4.69, 9.17) is 0 Å². The number of nitrogens with one attached hydrogen (secondary N) is 2. The summed E-state index contributed by atoms with van der Waals surface area (Å²) in [5.74, 6) is -0.590. The van der Waals surface area contributed by atoms with Crippen molar-refractivity contribution in [1.29, 1.82) is 0 Å². The summed E-state index contributed by atoms with van der Waals surface area (Å²) in [5, 5.41) is 6.74. The molecular formula is C15H13FIN3O. The molecule has 0 saturated carbocycles. The molecule has 0 aromatic heterocycles. The lowest BCUT2D eigenvalue weighted by molar-refractivity contribution is -0.119. The van der Waals surface area contributed by atoms with Crippen molar-refractivity contribution in [2.45, 2.75) is 0 Å². The second kappa shape index (κ2) is 7.72. The Morgan fingerprint density at radius 3 is 2.48 bits per heavy atom. The lowest BCUT2D eigenvalue weighted by Gasteiger charge is -2.04. The van der Waals surface area contributed by atoms with Crippen LogP contribution in [0.25, 0.3) is 0 Å². The third kappa shape index (κ3) is 5.50. The second-order valence-electron chi connectivity index (χ2n) is 4.21. The third-order valence-electron chi connectivity index (χ3n) is 2.57. The number of amides is 1. The van der Waals surface area contributed by atoms with Gasteiger partial charge >= 0.3 is 0 Å². The molecule has 2 rings (SSSR count). The van der Waals surface area contributed by atoms with E-state index < -0.39 is 0 Å². The lowest BCUT2D eigenvalue weighted by atomic mass is 10.2. The van der Waals surface area contributed by atoms with Gasteiger partial charge < -0.3 is 5.32 Å². The highest BCUT2D eigenvalue weighted by Crippen LogP contribution is 2.07. The number of hydrogen-bond acceptors (Lipinski definition) is 3. The van der Waals surface area contributed by atoms with Gasteiger partial charge in [-0.3, -0.25) is 4.79 Å². The SMILES string of the molecule is O=C(CNc1ccc(F)cc1)N/N=C\c1ccc(I)cc1. The summed E-state index contributed by atoms with van der Waals surface area (Å²) in [6.45, 7) is 0.0651. The van der Waals surface area contributed by atoms with Crippen LogP contribution < -0.4 is 10.7 Å². The zero-order chi connectivity index (χ0) is 15.1. The van der Waals surface area contributed by atoms with Gasteiger partial charge in [-0.25, -0.2) is 9.82 Å². The van der Waals surface area contributed by atoms with Crippen molar-refractivity contribution in [3.8, 4) is 0 Å². The smallest absolute Gasteiger partial charge is 0.259 e. The number of hydrogen-bond donors (Lipinski definition) is 2. The minimum atomic E-state index is -0.313. The van der Waals surface area contributed by atoms with Gasteiger partial charge in [0.1, 0.15) is 5.82 Å². The summed E-state index contributed by atoms with van der Waals surface area (Å²) in [4.78, 5) is 11.6. The molecule has 108 valence electrons. The highest BCUT2D eigenvalue weighted by Gasteiger charge is 1.99. The molecule has 0 saturated heterocycles. The van der Waals surface area contributed by atoms with E-state index in [0.717, 1.165) is 9.13 Å². The van der Waals surface area contributed by atoms with Crippen LogP contribution in [0.4, 0.5) is 10.1 Å². The Kier molecular flexibility index (Phi) is 5.68. The molecule has 0 radical (unpaired) electrons. The van der Waals surface area contributed by atoms with Crippen LogP contribution in [0.3, 0.4) is 0 Å². The van der Waals surface area contributed by atoms with Gasteiger partial charge in [0.15, 0.2) is 0 Å². The first kappa shape index (κ1) is 15.4. The Bertz CT molecular complexity index is 626. The maximum Gasteiger partial charge on any atom is 0.259 e. The molecule has 6 heteroatoms. The highest BCUT2D eigenvalue weighted by molar-refractivity contribution is 14.1. The van der Waals surface area contributed by atoms with Crippen LogP contribution in [0.1, 0.15) is 5.56 Å². The molecule has 0 heterocycles. The lowest BCUT2D eigenvalue weighted by Crippen LogP contribution is -2.25. The fourth-order valence-corrected chi connectivity index (χ4v) is 1.88. The summed E-state index contributed by atoms with van der Waals surface area (Å²) in [5.41, 5.74) is 4.00. The molecule has 1 amide bonds. The molecule has 0 aliphatic heterocycles. The van der Waals surface area contributed by atoms with Crippen LogP contribution in [-0.4, -0.2) is 18.7 Å². The standard InChI is InChI=1S/C15H13FIN3O/c16-12-3-7-14(8-4-12)18-10-15(21)20-19-9-11-1-5-13(17)6-2-11/h1-9,18H,10H2,(H,20,21)/b19-9-. The van der Waals surface area contributed by atoms with E-state index in [1.165, 1.54) is 12.1 Å². The molecule has 0 atom stereocenters. The number of hydrazone groups is 1. The fraction of sp³-hybridized carbons (Fsp3) is 0.0667. The first-order chi connectivity index (χ1) is 10.1. The summed E-state index contributed by atoms with van der Waals surface area (Å²) >= 11 is 2.22. The van der Waals surface area contributed by atoms with Crippen LogP contribution in [0.2, 0.25) is 0 Å². The molecule has 2 aromatic carbocycles. The Morgan fingerprint density at radius 2 is 1.81 bits per heavy atom. The second-order valence-corrected chi connectivity index (χ2v) is 5.45. The number of benzene rings is 2. The summed E-state index contributed by atoms with van der Waals surface area (Å²) in [7, 11) is 0. The fourth-order valence-electron chi connectivity index (χ4n) is 1.52. The minimum Gasteiger partial charge on any atom is -0.376 e. The van der Waals surface area contributed by atoms with E-state index in [0.29, 0.717) is 5.69 Å². The van der Waals surface area contributed by atoms with Crippen LogP contribution in [0.5, 0.6) is 0 Å². The number of carbonyl (C=O) groups is 1. The van der Waals surface area contributed by atoms with Crippen molar-refractivity contribution in [2.75, 3.05) is 11.9 Å². The van der Waals surface area contributed by atoms with Gasteiger partial charge in [-0.05, 0) is 64.6 Å². The van der Waals surface area contributed by atoms with E-state index >= 15 is 0 Å². The summed E-state index contributed by atoms with van der Waals surface area (Å²) in [6.07, 6.45) is 1.58. The van der Waals surface area contributed by atoms with Crippen molar-refractivity contribution >= 4 is 40.4 Å². The van der Waals surface area contributed by atoms with Gasteiger partial charge in [0.05, 0.1) is 12.8 Å². The van der Waals surface area contributed by atoms with E-state index in [-0.39, 0.29) is 18.3 Å². The monoisotopic (exact) mass is 397 g/mol.